The van der Waals surface area contributed by atoms with Crippen LogP contribution in [0.25, 0.3) is 10.9 Å². The number of nitrogens with one attached hydrogen (secondary N) is 6. The minimum absolute atomic E-state index is 0.00101. The number of carbonyl (C=O) groups excluding carboxylic acids is 6. The van der Waals surface area contributed by atoms with Crippen LogP contribution in [-0.4, -0.2) is 77.4 Å². The van der Waals surface area contributed by atoms with Crippen molar-refractivity contribution in [1.29, 1.82) is 0 Å². The molecule has 1 heterocycles. The maximum atomic E-state index is 14.5. The second kappa shape index (κ2) is 24.3. The Bertz CT molecular complexity index is 2570. The number of alkyl carbamates (subject to hydrolysis) is 1. The van der Waals surface area contributed by atoms with Gasteiger partial charge in [0.15, 0.2) is 0 Å². The first-order chi connectivity index (χ1) is 32.4. The van der Waals surface area contributed by atoms with Gasteiger partial charge < -0.3 is 51.5 Å². The van der Waals surface area contributed by atoms with Crippen LogP contribution in [-0.2, 0) is 66.1 Å². The van der Waals surface area contributed by atoms with E-state index in [1.807, 2.05) is 91.0 Å². The Morgan fingerprint density at radius 3 is 1.69 bits per heavy atom. The highest BCUT2D eigenvalue weighted by Crippen LogP contribution is 2.20. The number of aromatic nitrogens is 1. The Balaban J connectivity index is 1.22. The number of H-pyrrole nitrogens is 1. The summed E-state index contributed by atoms with van der Waals surface area (Å²) in [6, 6.07) is 36.2. The van der Waals surface area contributed by atoms with Gasteiger partial charge in [0, 0.05) is 29.9 Å². The van der Waals surface area contributed by atoms with E-state index in [1.165, 1.54) is 13.8 Å². The van der Waals surface area contributed by atoms with Crippen molar-refractivity contribution in [2.75, 3.05) is 6.61 Å². The predicted octanol–water partition coefficient (Wildman–Crippen LogP) is 4.51. The molecule has 0 fully saturated rings. The highest BCUT2D eigenvalue weighted by Gasteiger charge is 2.32. The van der Waals surface area contributed by atoms with E-state index in [0.717, 1.165) is 27.6 Å². The molecule has 0 aliphatic carbocycles. The molecule has 1 aromatic heterocycles. The Morgan fingerprint density at radius 2 is 1.04 bits per heavy atom. The van der Waals surface area contributed by atoms with Crippen LogP contribution in [0.5, 0.6) is 5.75 Å². The van der Waals surface area contributed by atoms with Crippen LogP contribution in [0.3, 0.4) is 0 Å². The van der Waals surface area contributed by atoms with E-state index in [9.17, 15) is 28.8 Å². The van der Waals surface area contributed by atoms with Gasteiger partial charge in [-0.1, -0.05) is 121 Å². The minimum Gasteiger partial charge on any atom is -0.489 e. The number of amides is 6. The summed E-state index contributed by atoms with van der Waals surface area (Å²) < 4.78 is 17.2. The third kappa shape index (κ3) is 15.0. The summed E-state index contributed by atoms with van der Waals surface area (Å²) in [5, 5.41) is 14.1. The molecular formula is C51H55N7O9. The standard InChI is InChI=1S/C51H55N7O9/c1-33(46(52)59)54-48(61)44(27-39-28-53-42-21-13-12-20-41(39)42)57-50(63)45(32-65-29-36-14-6-3-7-15-36)58-49(62)43(26-35-22-24-40(25-23-35)66-30-37-16-8-4-9-17-37)56-47(60)34(2)55-51(64)67-31-38-18-10-5-11-19-38/h3-25,28,33-34,43-45,53H,26-27,29-32H2,1-2H3,(H2,52,59)(H,54,61)(H,55,64)(H,56,60)(H,57,63)(H,58,62)/t33-,34+,43+,44+,45+/m1/s1. The zero-order valence-corrected chi connectivity index (χ0v) is 37.2. The summed E-state index contributed by atoms with van der Waals surface area (Å²) >= 11 is 0. The largest absolute Gasteiger partial charge is 0.489 e. The molecule has 8 N–H and O–H groups in total. The fraction of sp³-hybridized carbons (Fsp3) is 0.255. The van der Waals surface area contributed by atoms with Gasteiger partial charge in [0.1, 0.15) is 49.2 Å². The quantitative estimate of drug-likeness (QED) is 0.0479. The lowest BCUT2D eigenvalue weighted by molar-refractivity contribution is -0.135. The average Bonchev–Trinajstić information content (AvgIpc) is 3.75. The van der Waals surface area contributed by atoms with Crippen LogP contribution in [0.1, 0.15) is 41.7 Å². The summed E-state index contributed by atoms with van der Waals surface area (Å²) in [5.74, 6) is -3.14. The highest BCUT2D eigenvalue weighted by molar-refractivity contribution is 5.96. The number of ether oxygens (including phenoxy) is 3. The molecule has 0 spiro atoms. The van der Waals surface area contributed by atoms with Crippen molar-refractivity contribution in [3.8, 4) is 5.75 Å². The van der Waals surface area contributed by atoms with Crippen LogP contribution in [0.2, 0.25) is 0 Å². The Hall–Kier alpha value is -7.98. The topological polar surface area (TPSA) is 232 Å². The Morgan fingerprint density at radius 1 is 0.522 bits per heavy atom. The molecule has 0 bridgehead atoms. The van der Waals surface area contributed by atoms with Crippen LogP contribution in [0.4, 0.5) is 4.79 Å². The molecule has 6 amide bonds. The number of primary amides is 1. The molecule has 6 aromatic rings. The van der Waals surface area contributed by atoms with E-state index in [1.54, 1.807) is 54.7 Å². The highest BCUT2D eigenvalue weighted by atomic mass is 16.5. The molecular weight excluding hydrogens is 855 g/mol. The minimum atomic E-state index is -1.40. The first kappa shape index (κ1) is 48.5. The van der Waals surface area contributed by atoms with Gasteiger partial charge in [0.25, 0.3) is 0 Å². The lowest BCUT2D eigenvalue weighted by Gasteiger charge is -2.26. The normalized spacial score (nSPS) is 13.2. The number of aromatic amines is 1. The second-order valence-corrected chi connectivity index (χ2v) is 15.9. The fourth-order valence-corrected chi connectivity index (χ4v) is 6.92. The number of nitrogens with two attached hydrogens (primary N) is 1. The number of para-hydroxylation sites is 1. The third-order valence-electron chi connectivity index (χ3n) is 10.7. The summed E-state index contributed by atoms with van der Waals surface area (Å²) in [7, 11) is 0. The van der Waals surface area contributed by atoms with Crippen molar-refractivity contribution >= 4 is 46.5 Å². The van der Waals surface area contributed by atoms with Crippen molar-refractivity contribution in [2.45, 2.75) is 76.7 Å². The molecule has 67 heavy (non-hydrogen) atoms. The second-order valence-electron chi connectivity index (χ2n) is 15.9. The molecule has 0 aliphatic heterocycles. The van der Waals surface area contributed by atoms with Crippen LogP contribution < -0.4 is 37.1 Å². The van der Waals surface area contributed by atoms with Gasteiger partial charge in [-0.05, 0) is 59.9 Å². The zero-order valence-electron chi connectivity index (χ0n) is 37.2. The molecule has 0 radical (unpaired) electrons. The molecule has 16 nitrogen and oxygen atoms in total. The van der Waals surface area contributed by atoms with Crippen molar-refractivity contribution in [2.24, 2.45) is 5.73 Å². The molecule has 0 unspecified atom stereocenters. The molecule has 5 aromatic carbocycles. The van der Waals surface area contributed by atoms with Crippen LogP contribution >= 0.6 is 0 Å². The number of benzene rings is 5. The van der Waals surface area contributed by atoms with Gasteiger partial charge in [-0.15, -0.1) is 0 Å². The molecule has 0 saturated heterocycles. The van der Waals surface area contributed by atoms with E-state index < -0.39 is 65.8 Å². The summed E-state index contributed by atoms with van der Waals surface area (Å²) in [6.45, 7) is 2.92. The third-order valence-corrected chi connectivity index (χ3v) is 10.7. The van der Waals surface area contributed by atoms with Crippen LogP contribution in [0.15, 0.2) is 146 Å². The SMILES string of the molecule is C[C@H](NC(=O)OCc1ccccc1)C(=O)N[C@@H](Cc1ccc(OCc2ccccc2)cc1)C(=O)N[C@@H](COCc1ccccc1)C(=O)N[C@@H](Cc1c[nH]c2ccccc12)C(=O)N[C@H](C)C(N)=O. The zero-order chi connectivity index (χ0) is 47.5. The van der Waals surface area contributed by atoms with E-state index in [2.05, 4.69) is 31.6 Å². The van der Waals surface area contributed by atoms with Crippen molar-refractivity contribution in [3.05, 3.63) is 174 Å². The van der Waals surface area contributed by atoms with Gasteiger partial charge in [-0.2, -0.15) is 0 Å². The summed E-state index contributed by atoms with van der Waals surface area (Å²) in [5.41, 5.74) is 10.1. The number of rotatable bonds is 23. The van der Waals surface area contributed by atoms with Crippen molar-refractivity contribution in [3.63, 3.8) is 0 Å². The number of hydrogen-bond acceptors (Lipinski definition) is 9. The van der Waals surface area contributed by atoms with Gasteiger partial charge in [-0.25, -0.2) is 4.79 Å². The van der Waals surface area contributed by atoms with Crippen LogP contribution in [0, 0.1) is 0 Å². The van der Waals surface area contributed by atoms with Gasteiger partial charge in [0.05, 0.1) is 13.2 Å². The fourth-order valence-electron chi connectivity index (χ4n) is 6.92. The average molecular weight is 910 g/mol. The number of hydrogen-bond donors (Lipinski definition) is 7. The maximum Gasteiger partial charge on any atom is 0.408 e. The lowest BCUT2D eigenvalue weighted by atomic mass is 10.0. The molecule has 6 rings (SSSR count). The van der Waals surface area contributed by atoms with E-state index in [-0.39, 0.29) is 32.7 Å². The maximum absolute atomic E-state index is 14.5. The Labute approximate surface area is 388 Å². The Kier molecular flexibility index (Phi) is 17.6. The van der Waals surface area contributed by atoms with E-state index >= 15 is 0 Å². The van der Waals surface area contributed by atoms with Crippen molar-refractivity contribution < 1.29 is 43.0 Å². The first-order valence-electron chi connectivity index (χ1n) is 21.8. The molecule has 16 heteroatoms. The molecule has 0 aliphatic rings. The monoisotopic (exact) mass is 909 g/mol. The van der Waals surface area contributed by atoms with Gasteiger partial charge in [0.2, 0.25) is 29.5 Å². The lowest BCUT2D eigenvalue weighted by Crippen LogP contribution is -2.60. The first-order valence-corrected chi connectivity index (χ1v) is 21.8. The molecule has 0 saturated carbocycles. The number of fused-ring (bicyclic) bond motifs is 1. The predicted molar refractivity (Wildman–Crippen MR) is 251 cm³/mol. The summed E-state index contributed by atoms with van der Waals surface area (Å²) in [6.07, 6.45) is 0.839. The van der Waals surface area contributed by atoms with E-state index in [4.69, 9.17) is 19.9 Å². The molecule has 348 valence electrons. The van der Waals surface area contributed by atoms with Gasteiger partial charge in [-0.3, -0.25) is 24.0 Å². The number of carbonyl (C=O) groups is 6. The molecule has 5 atom stereocenters. The van der Waals surface area contributed by atoms with Gasteiger partial charge >= 0.3 is 6.09 Å². The smallest absolute Gasteiger partial charge is 0.408 e. The van der Waals surface area contributed by atoms with Crippen molar-refractivity contribution in [1.82, 2.24) is 31.6 Å². The summed E-state index contributed by atoms with van der Waals surface area (Å²) in [4.78, 5) is 84.2. The van der Waals surface area contributed by atoms with E-state index in [0.29, 0.717) is 23.5 Å².